The van der Waals surface area contributed by atoms with E-state index in [0.29, 0.717) is 12.3 Å². The Balaban J connectivity index is 1.48. The zero-order chi connectivity index (χ0) is 16.9. The lowest BCUT2D eigenvalue weighted by atomic mass is 9.69. The molecule has 1 spiro atoms. The molecular weight excluding hydrogens is 326 g/mol. The van der Waals surface area contributed by atoms with Gasteiger partial charge < -0.3 is 4.42 Å². The molecule has 24 heavy (non-hydrogen) atoms. The topological polar surface area (TPSA) is 67.6 Å². The van der Waals surface area contributed by atoms with Crippen molar-refractivity contribution < 1.29 is 17.6 Å². The van der Waals surface area contributed by atoms with Gasteiger partial charge in [0.25, 0.3) is 0 Å². The fraction of sp³-hybridized carbons (Fsp3) is 0.722. The molecule has 130 valence electrons. The van der Waals surface area contributed by atoms with E-state index in [1.54, 1.807) is 6.26 Å². The van der Waals surface area contributed by atoms with Gasteiger partial charge in [-0.05, 0) is 49.1 Å². The second-order valence-electron chi connectivity index (χ2n) is 8.72. The largest absolute Gasteiger partial charge is 0.469 e. The van der Waals surface area contributed by atoms with Crippen molar-refractivity contribution in [2.24, 2.45) is 22.7 Å². The number of hydrogen-bond acceptors (Lipinski definition) is 4. The second-order valence-corrected chi connectivity index (χ2v) is 10.6. The molecule has 2 bridgehead atoms. The number of fused-ring (bicyclic) bond motifs is 1. The lowest BCUT2D eigenvalue weighted by Gasteiger charge is -2.37. The van der Waals surface area contributed by atoms with Gasteiger partial charge in [-0.25, -0.2) is 12.7 Å². The van der Waals surface area contributed by atoms with Crippen LogP contribution in [0.4, 0.5) is 0 Å². The van der Waals surface area contributed by atoms with Crippen molar-refractivity contribution in [1.29, 1.82) is 0 Å². The monoisotopic (exact) mass is 349 g/mol. The van der Waals surface area contributed by atoms with Gasteiger partial charge in [0, 0.05) is 17.3 Å². The number of sulfonamides is 1. The van der Waals surface area contributed by atoms with E-state index in [4.69, 9.17) is 4.42 Å². The lowest BCUT2D eigenvalue weighted by molar-refractivity contribution is -0.130. The summed E-state index contributed by atoms with van der Waals surface area (Å²) in [5.74, 6) is 1.11. The van der Waals surface area contributed by atoms with Crippen LogP contribution in [-0.4, -0.2) is 30.4 Å². The van der Waals surface area contributed by atoms with Crippen LogP contribution in [0, 0.1) is 22.7 Å². The molecule has 5 atom stereocenters. The van der Waals surface area contributed by atoms with Crippen molar-refractivity contribution in [3.05, 3.63) is 24.2 Å². The number of carbonyl (C=O) groups excluding carboxylic acids is 1. The van der Waals surface area contributed by atoms with Crippen LogP contribution in [0.2, 0.25) is 0 Å². The summed E-state index contributed by atoms with van der Waals surface area (Å²) in [5.41, 5.74) is -0.231. The highest BCUT2D eigenvalue weighted by atomic mass is 32.2. The zero-order valence-electron chi connectivity index (χ0n) is 14.1. The van der Waals surface area contributed by atoms with E-state index in [9.17, 15) is 13.2 Å². The van der Waals surface area contributed by atoms with E-state index in [1.165, 1.54) is 4.31 Å². The number of carbonyl (C=O) groups is 1. The summed E-state index contributed by atoms with van der Waals surface area (Å²) >= 11 is 0. The number of hydrogen-bond donors (Lipinski definition) is 0. The molecule has 1 aromatic rings. The van der Waals surface area contributed by atoms with Crippen LogP contribution in [0.3, 0.4) is 0 Å². The molecule has 4 aliphatic rings. The molecule has 3 saturated carbocycles. The molecule has 5 nitrogen and oxygen atoms in total. The van der Waals surface area contributed by atoms with E-state index in [2.05, 4.69) is 13.8 Å². The average Bonchev–Trinajstić information content (AvgIpc) is 2.83. The van der Waals surface area contributed by atoms with Crippen LogP contribution >= 0.6 is 0 Å². The minimum absolute atomic E-state index is 0.00370. The molecule has 0 N–H and O–H groups in total. The first kappa shape index (κ1) is 15.0. The predicted molar refractivity (Wildman–Crippen MR) is 87.5 cm³/mol. The van der Waals surface area contributed by atoms with Crippen molar-refractivity contribution in [2.75, 3.05) is 5.75 Å². The Hall–Kier alpha value is -1.30. The lowest BCUT2D eigenvalue weighted by Crippen LogP contribution is -2.44. The van der Waals surface area contributed by atoms with Gasteiger partial charge in [0.2, 0.25) is 15.9 Å². The molecule has 1 aromatic heterocycles. The molecule has 6 heteroatoms. The normalized spacial score (nSPS) is 43.8. The van der Waals surface area contributed by atoms with Crippen LogP contribution in [0.1, 0.15) is 51.2 Å². The Morgan fingerprint density at radius 2 is 2.12 bits per heavy atom. The molecule has 5 rings (SSSR count). The maximum Gasteiger partial charge on any atom is 0.240 e. The maximum absolute atomic E-state index is 13.1. The van der Waals surface area contributed by atoms with Crippen molar-refractivity contribution >= 4 is 15.9 Å². The summed E-state index contributed by atoms with van der Waals surface area (Å²) in [4.78, 5) is 13.1. The highest BCUT2D eigenvalue weighted by Gasteiger charge is 2.73. The second kappa shape index (κ2) is 4.26. The van der Waals surface area contributed by atoms with Crippen molar-refractivity contribution in [1.82, 2.24) is 4.31 Å². The highest BCUT2D eigenvalue weighted by molar-refractivity contribution is 7.90. The first-order chi connectivity index (χ1) is 11.3. The van der Waals surface area contributed by atoms with Crippen LogP contribution in [0.15, 0.2) is 22.8 Å². The summed E-state index contributed by atoms with van der Waals surface area (Å²) in [6.07, 6.45) is 5.18. The third kappa shape index (κ3) is 1.61. The fourth-order valence-corrected chi connectivity index (χ4v) is 8.61. The summed E-state index contributed by atoms with van der Waals surface area (Å²) in [7, 11) is -3.50. The van der Waals surface area contributed by atoms with Crippen molar-refractivity contribution in [3.63, 3.8) is 0 Å². The van der Waals surface area contributed by atoms with Gasteiger partial charge in [0.1, 0.15) is 5.76 Å². The van der Waals surface area contributed by atoms with E-state index in [0.717, 1.165) is 25.0 Å². The van der Waals surface area contributed by atoms with Crippen LogP contribution < -0.4 is 0 Å². The number of nitrogens with zero attached hydrogens (tertiary/aromatic N) is 1. The Bertz CT molecular complexity index is 812. The molecule has 4 fully saturated rings. The third-order valence-electron chi connectivity index (χ3n) is 7.64. The standard InChI is InChI=1S/C18H23NO4S/c1-17(2)11-5-6-18(17)10-24(21,22)19(15(18)8-11)16(20)13-9-12(13)14-4-3-7-23-14/h3-4,7,11-13,15H,5-6,8-10H2,1-2H3/t11-,12?,13?,15-,18+/m1/s1. The highest BCUT2D eigenvalue weighted by Crippen LogP contribution is 2.70. The van der Waals surface area contributed by atoms with Crippen molar-refractivity contribution in [2.45, 2.75) is 51.5 Å². The van der Waals surface area contributed by atoms with Gasteiger partial charge in [0.15, 0.2) is 0 Å². The molecule has 0 aromatic carbocycles. The zero-order valence-corrected chi connectivity index (χ0v) is 14.9. The smallest absolute Gasteiger partial charge is 0.240 e. The molecule has 1 amide bonds. The molecule has 3 aliphatic carbocycles. The number of rotatable bonds is 2. The van der Waals surface area contributed by atoms with Crippen LogP contribution in [-0.2, 0) is 14.8 Å². The molecular formula is C18H23NO4S. The molecule has 1 aliphatic heterocycles. The summed E-state index contributed by atoms with van der Waals surface area (Å²) in [5, 5.41) is 0. The third-order valence-corrected chi connectivity index (χ3v) is 9.56. The number of furan rings is 1. The summed E-state index contributed by atoms with van der Waals surface area (Å²) in [6, 6.07) is 3.56. The Morgan fingerprint density at radius 3 is 2.79 bits per heavy atom. The predicted octanol–water partition coefficient (Wildman–Crippen LogP) is 2.75. The Morgan fingerprint density at radius 1 is 1.33 bits per heavy atom. The van der Waals surface area contributed by atoms with Gasteiger partial charge in [0.05, 0.1) is 18.1 Å². The van der Waals surface area contributed by atoms with Crippen LogP contribution in [0.5, 0.6) is 0 Å². The van der Waals surface area contributed by atoms with Gasteiger partial charge in [-0.1, -0.05) is 13.8 Å². The van der Waals surface area contributed by atoms with Gasteiger partial charge in [-0.2, -0.15) is 0 Å². The first-order valence-corrected chi connectivity index (χ1v) is 10.5. The van der Waals surface area contributed by atoms with E-state index in [-0.39, 0.29) is 40.4 Å². The molecule has 2 heterocycles. The first-order valence-electron chi connectivity index (χ1n) is 8.87. The quantitative estimate of drug-likeness (QED) is 0.823. The fourth-order valence-electron chi connectivity index (χ4n) is 6.03. The van der Waals surface area contributed by atoms with Gasteiger partial charge in [-0.15, -0.1) is 0 Å². The molecule has 0 radical (unpaired) electrons. The van der Waals surface area contributed by atoms with Crippen molar-refractivity contribution in [3.8, 4) is 0 Å². The summed E-state index contributed by atoms with van der Waals surface area (Å²) < 4.78 is 32.5. The average molecular weight is 349 g/mol. The molecule has 1 saturated heterocycles. The Kier molecular flexibility index (Phi) is 2.66. The summed E-state index contributed by atoms with van der Waals surface area (Å²) in [6.45, 7) is 4.41. The van der Waals surface area contributed by atoms with Crippen LogP contribution in [0.25, 0.3) is 0 Å². The van der Waals surface area contributed by atoms with E-state index in [1.807, 2.05) is 12.1 Å². The number of amides is 1. The maximum atomic E-state index is 13.1. The SMILES string of the molecule is CC1(C)[C@@H]2CC[C@@]13CS(=O)(=O)N(C(=O)C1CC1c1ccco1)[C@@H]3C2. The molecule has 2 unspecified atom stereocenters. The Labute approximate surface area is 142 Å². The van der Waals surface area contributed by atoms with E-state index < -0.39 is 10.0 Å². The minimum atomic E-state index is -3.50. The van der Waals surface area contributed by atoms with Gasteiger partial charge >= 0.3 is 0 Å². The van der Waals surface area contributed by atoms with Gasteiger partial charge in [-0.3, -0.25) is 4.79 Å². The minimum Gasteiger partial charge on any atom is -0.469 e. The van der Waals surface area contributed by atoms with E-state index >= 15 is 0 Å².